The fourth-order valence-corrected chi connectivity index (χ4v) is 2.95. The Morgan fingerprint density at radius 2 is 2.11 bits per heavy atom. The molecule has 98 valence electrons. The van der Waals surface area contributed by atoms with Crippen molar-refractivity contribution in [1.82, 2.24) is 4.98 Å². The zero-order valence-electron chi connectivity index (χ0n) is 10.6. The van der Waals surface area contributed by atoms with Gasteiger partial charge in [-0.15, -0.1) is 0 Å². The molecule has 2 aromatic rings. The highest BCUT2D eigenvalue weighted by Gasteiger charge is 2.26. The van der Waals surface area contributed by atoms with Gasteiger partial charge in [0, 0.05) is 23.8 Å². The molecular weight excluding hydrogens is 302 g/mol. The lowest BCUT2D eigenvalue weighted by Crippen LogP contribution is -2.39. The van der Waals surface area contributed by atoms with Crippen molar-refractivity contribution in [3.63, 3.8) is 0 Å². The molecule has 0 radical (unpaired) electrons. The second-order valence-electron chi connectivity index (χ2n) is 4.73. The average molecular weight is 318 g/mol. The fraction of sp³-hybridized carbons (Fsp3) is 0.267. The zero-order chi connectivity index (χ0) is 13.2. The van der Waals surface area contributed by atoms with Crippen molar-refractivity contribution in [2.45, 2.75) is 12.5 Å². The average Bonchev–Trinajstić information content (AvgIpc) is 2.47. The van der Waals surface area contributed by atoms with E-state index in [1.807, 2.05) is 18.3 Å². The van der Waals surface area contributed by atoms with Crippen LogP contribution in [0.2, 0.25) is 0 Å². The first-order valence-electron chi connectivity index (χ1n) is 6.45. The number of halogens is 1. The number of nitrogens with two attached hydrogens (primary N) is 1. The first-order chi connectivity index (χ1) is 9.29. The molecular formula is C15H16BrN3. The van der Waals surface area contributed by atoms with Crippen molar-refractivity contribution in [2.24, 2.45) is 5.73 Å². The first-order valence-corrected chi connectivity index (χ1v) is 7.25. The van der Waals surface area contributed by atoms with Crippen LogP contribution in [0.25, 0.3) is 0 Å². The Labute approximate surface area is 121 Å². The van der Waals surface area contributed by atoms with Crippen molar-refractivity contribution in [2.75, 3.05) is 18.0 Å². The number of pyridine rings is 1. The number of hydrogen-bond acceptors (Lipinski definition) is 3. The normalized spacial score (nSPS) is 18.2. The predicted octanol–water partition coefficient (Wildman–Crippen LogP) is 2.91. The Morgan fingerprint density at radius 1 is 1.26 bits per heavy atom. The third-order valence-electron chi connectivity index (χ3n) is 3.64. The van der Waals surface area contributed by atoms with E-state index < -0.39 is 0 Å². The summed E-state index contributed by atoms with van der Waals surface area (Å²) in [5.41, 5.74) is 8.74. The van der Waals surface area contributed by atoms with Crippen LogP contribution in [0.5, 0.6) is 0 Å². The second-order valence-corrected chi connectivity index (χ2v) is 5.64. The molecule has 1 aliphatic rings. The molecule has 0 saturated heterocycles. The van der Waals surface area contributed by atoms with Crippen molar-refractivity contribution >= 4 is 21.7 Å². The molecule has 0 aliphatic carbocycles. The standard InChI is InChI=1S/C15H16BrN3/c16-12-5-6-15(18-10-12)19-8-7-11-3-1-2-4-13(11)14(19)9-17/h1-6,10,14H,7-9,17H2. The summed E-state index contributed by atoms with van der Waals surface area (Å²) >= 11 is 3.42. The van der Waals surface area contributed by atoms with Crippen LogP contribution in [0, 0.1) is 0 Å². The summed E-state index contributed by atoms with van der Waals surface area (Å²) in [5.74, 6) is 0.994. The number of nitrogens with zero attached hydrogens (tertiary/aromatic N) is 2. The Morgan fingerprint density at radius 3 is 2.84 bits per heavy atom. The molecule has 19 heavy (non-hydrogen) atoms. The van der Waals surface area contributed by atoms with Crippen molar-refractivity contribution in [3.8, 4) is 0 Å². The Kier molecular flexibility index (Phi) is 3.53. The molecule has 1 aromatic heterocycles. The highest BCUT2D eigenvalue weighted by atomic mass is 79.9. The summed E-state index contributed by atoms with van der Waals surface area (Å²) in [6, 6.07) is 12.8. The van der Waals surface area contributed by atoms with Gasteiger partial charge in [-0.25, -0.2) is 4.98 Å². The molecule has 4 heteroatoms. The maximum atomic E-state index is 6.00. The van der Waals surface area contributed by atoms with Gasteiger partial charge in [0.2, 0.25) is 0 Å². The van der Waals surface area contributed by atoms with Gasteiger partial charge in [-0.2, -0.15) is 0 Å². The van der Waals surface area contributed by atoms with Crippen molar-refractivity contribution in [1.29, 1.82) is 0 Å². The molecule has 2 heterocycles. The quantitative estimate of drug-likeness (QED) is 0.926. The van der Waals surface area contributed by atoms with Crippen molar-refractivity contribution < 1.29 is 0 Å². The highest BCUT2D eigenvalue weighted by Crippen LogP contribution is 2.32. The molecule has 1 unspecified atom stereocenters. The molecule has 0 fully saturated rings. The summed E-state index contributed by atoms with van der Waals surface area (Å²) in [4.78, 5) is 6.80. The van der Waals surface area contributed by atoms with Crippen LogP contribution in [0.1, 0.15) is 17.2 Å². The van der Waals surface area contributed by atoms with Crippen molar-refractivity contribution in [3.05, 3.63) is 58.2 Å². The Bertz CT molecular complexity index is 568. The lowest BCUT2D eigenvalue weighted by atomic mass is 9.92. The van der Waals surface area contributed by atoms with Gasteiger partial charge in [0.15, 0.2) is 0 Å². The van der Waals surface area contributed by atoms with Crippen LogP contribution < -0.4 is 10.6 Å². The highest BCUT2D eigenvalue weighted by molar-refractivity contribution is 9.10. The third kappa shape index (κ3) is 2.38. The maximum absolute atomic E-state index is 6.00. The van der Waals surface area contributed by atoms with Gasteiger partial charge in [-0.1, -0.05) is 24.3 Å². The summed E-state index contributed by atoms with van der Waals surface area (Å²) in [6.45, 7) is 1.57. The van der Waals surface area contributed by atoms with Crippen LogP contribution in [0.3, 0.4) is 0 Å². The molecule has 0 saturated carbocycles. The summed E-state index contributed by atoms with van der Waals surface area (Å²) in [7, 11) is 0. The minimum atomic E-state index is 0.221. The van der Waals surface area contributed by atoms with Gasteiger partial charge in [0.1, 0.15) is 5.82 Å². The van der Waals surface area contributed by atoms with Gasteiger partial charge < -0.3 is 10.6 Å². The van der Waals surface area contributed by atoms with E-state index in [4.69, 9.17) is 5.73 Å². The predicted molar refractivity (Wildman–Crippen MR) is 81.2 cm³/mol. The molecule has 0 spiro atoms. The monoisotopic (exact) mass is 317 g/mol. The SMILES string of the molecule is NCC1c2ccccc2CCN1c1ccc(Br)cn1. The molecule has 0 amide bonds. The minimum Gasteiger partial charge on any atom is -0.348 e. The fourth-order valence-electron chi connectivity index (χ4n) is 2.72. The molecule has 3 nitrogen and oxygen atoms in total. The number of hydrogen-bond donors (Lipinski definition) is 1. The van der Waals surface area contributed by atoms with Crippen LogP contribution >= 0.6 is 15.9 Å². The van der Waals surface area contributed by atoms with Gasteiger partial charge in [-0.05, 0) is 45.6 Å². The Balaban J connectivity index is 1.98. The lowest BCUT2D eigenvalue weighted by molar-refractivity contribution is 0.584. The van der Waals surface area contributed by atoms with Gasteiger partial charge in [0.05, 0.1) is 6.04 Å². The second kappa shape index (κ2) is 5.31. The van der Waals surface area contributed by atoms with E-state index in [0.29, 0.717) is 6.54 Å². The molecule has 1 aliphatic heterocycles. The number of anilines is 1. The van der Waals surface area contributed by atoms with Crippen LogP contribution in [0.4, 0.5) is 5.82 Å². The topological polar surface area (TPSA) is 42.1 Å². The first kappa shape index (κ1) is 12.6. The van der Waals surface area contributed by atoms with E-state index in [1.165, 1.54) is 11.1 Å². The van der Waals surface area contributed by atoms with Gasteiger partial charge >= 0.3 is 0 Å². The van der Waals surface area contributed by atoms with Crippen LogP contribution in [0.15, 0.2) is 47.1 Å². The van der Waals surface area contributed by atoms with Gasteiger partial charge in [0.25, 0.3) is 0 Å². The maximum Gasteiger partial charge on any atom is 0.129 e. The summed E-state index contributed by atoms with van der Waals surface area (Å²) in [5, 5.41) is 0. The van der Waals surface area contributed by atoms with Gasteiger partial charge in [-0.3, -0.25) is 0 Å². The number of rotatable bonds is 2. The van der Waals surface area contributed by atoms with E-state index in [2.05, 4.69) is 50.1 Å². The number of aromatic nitrogens is 1. The Hall–Kier alpha value is -1.39. The molecule has 1 aromatic carbocycles. The smallest absolute Gasteiger partial charge is 0.129 e. The van der Waals surface area contributed by atoms with E-state index in [-0.39, 0.29) is 6.04 Å². The van der Waals surface area contributed by atoms with E-state index in [1.54, 1.807) is 0 Å². The van der Waals surface area contributed by atoms with E-state index >= 15 is 0 Å². The molecule has 0 bridgehead atoms. The minimum absolute atomic E-state index is 0.221. The zero-order valence-corrected chi connectivity index (χ0v) is 12.2. The molecule has 1 atom stereocenters. The van der Waals surface area contributed by atoms with E-state index in [9.17, 15) is 0 Å². The molecule has 2 N–H and O–H groups in total. The summed E-state index contributed by atoms with van der Waals surface area (Å²) < 4.78 is 0.998. The number of benzene rings is 1. The van der Waals surface area contributed by atoms with E-state index in [0.717, 1.165) is 23.3 Å². The largest absolute Gasteiger partial charge is 0.348 e. The number of fused-ring (bicyclic) bond motifs is 1. The van der Waals surface area contributed by atoms with Crippen LogP contribution in [-0.2, 0) is 6.42 Å². The lowest BCUT2D eigenvalue weighted by Gasteiger charge is -2.37. The summed E-state index contributed by atoms with van der Waals surface area (Å²) in [6.07, 6.45) is 2.88. The molecule has 3 rings (SSSR count). The third-order valence-corrected chi connectivity index (χ3v) is 4.11. The van der Waals surface area contributed by atoms with Crippen LogP contribution in [-0.4, -0.2) is 18.1 Å².